The van der Waals surface area contributed by atoms with Gasteiger partial charge in [0.05, 0.1) is 27.8 Å². The van der Waals surface area contributed by atoms with E-state index in [0.29, 0.717) is 48.6 Å². The number of carbonyl (C=O) groups is 4. The Kier molecular flexibility index (Phi) is 9.16. The SMILES string of the molecule is CN1CCCC/C=C\[C@@H]2C[C@@]2(C(=O)NS(=O)(=O)C2CC2)NC(=O)[C@@H]2C[C@@H](OC(=O)Nc3ccc(F)cc3C3=NCCS3)C[C@H]2C1=O. The second-order valence-corrected chi connectivity index (χ2v) is 15.7. The highest BCUT2D eigenvalue weighted by Crippen LogP contribution is 2.47. The quantitative estimate of drug-likeness (QED) is 0.388. The number of nitrogens with zero attached hydrogens (tertiary/aromatic N) is 2. The number of benzene rings is 1. The van der Waals surface area contributed by atoms with E-state index in [1.54, 1.807) is 11.9 Å². The summed E-state index contributed by atoms with van der Waals surface area (Å²) in [5, 5.41) is 5.49. The van der Waals surface area contributed by atoms with Gasteiger partial charge < -0.3 is 15.0 Å². The van der Waals surface area contributed by atoms with E-state index in [-0.39, 0.29) is 25.2 Å². The highest BCUT2D eigenvalue weighted by atomic mass is 32.2. The Morgan fingerprint density at radius 3 is 2.70 bits per heavy atom. The molecule has 0 spiro atoms. The van der Waals surface area contributed by atoms with Gasteiger partial charge in [0.1, 0.15) is 17.5 Å². The van der Waals surface area contributed by atoms with Gasteiger partial charge in [0.15, 0.2) is 0 Å². The molecular formula is C31H38FN5O7S2. The van der Waals surface area contributed by atoms with Crippen molar-refractivity contribution in [1.29, 1.82) is 0 Å². The third-order valence-electron chi connectivity index (χ3n) is 9.30. The largest absolute Gasteiger partial charge is 0.446 e. The summed E-state index contributed by atoms with van der Waals surface area (Å²) < 4.78 is 47.2. The maximum absolute atomic E-state index is 14.0. The second-order valence-electron chi connectivity index (χ2n) is 12.7. The van der Waals surface area contributed by atoms with Crippen LogP contribution < -0.4 is 15.4 Å². The first-order chi connectivity index (χ1) is 22.0. The van der Waals surface area contributed by atoms with E-state index < -0.39 is 68.4 Å². The molecule has 3 aliphatic carbocycles. The van der Waals surface area contributed by atoms with Crippen LogP contribution in [0.4, 0.5) is 14.9 Å². The number of hydrogen-bond acceptors (Lipinski definition) is 9. The van der Waals surface area contributed by atoms with E-state index in [4.69, 9.17) is 4.74 Å². The highest BCUT2D eigenvalue weighted by Gasteiger charge is 2.62. The number of aliphatic imine (C=N–C) groups is 1. The first-order valence-electron chi connectivity index (χ1n) is 15.7. The molecular weight excluding hydrogens is 638 g/mol. The summed E-state index contributed by atoms with van der Waals surface area (Å²) in [5.74, 6) is -3.46. The molecule has 2 aliphatic heterocycles. The van der Waals surface area contributed by atoms with Crippen LogP contribution in [0, 0.1) is 23.6 Å². The number of carbonyl (C=O) groups excluding carboxylic acids is 4. The number of ether oxygens (including phenoxy) is 1. The Morgan fingerprint density at radius 2 is 1.96 bits per heavy atom. The molecule has 2 heterocycles. The molecule has 248 valence electrons. The predicted molar refractivity (Wildman–Crippen MR) is 170 cm³/mol. The van der Waals surface area contributed by atoms with Gasteiger partial charge in [0.2, 0.25) is 21.8 Å². The number of halogens is 1. The third kappa shape index (κ3) is 6.94. The van der Waals surface area contributed by atoms with Crippen LogP contribution >= 0.6 is 11.8 Å². The van der Waals surface area contributed by atoms with Crippen molar-refractivity contribution < 1.29 is 36.7 Å². The Hall–Kier alpha value is -3.46. The molecule has 0 unspecified atom stereocenters. The highest BCUT2D eigenvalue weighted by molar-refractivity contribution is 8.14. The predicted octanol–water partition coefficient (Wildman–Crippen LogP) is 2.94. The van der Waals surface area contributed by atoms with Crippen molar-refractivity contribution in [1.82, 2.24) is 14.9 Å². The Labute approximate surface area is 271 Å². The van der Waals surface area contributed by atoms with Gasteiger partial charge in [0.25, 0.3) is 5.91 Å². The van der Waals surface area contributed by atoms with Crippen molar-refractivity contribution in [2.75, 3.05) is 31.2 Å². The average Bonchev–Trinajstić information content (AvgIpc) is 3.87. The molecule has 0 bridgehead atoms. The molecule has 3 saturated carbocycles. The number of allylic oxidation sites excluding steroid dienone is 1. The summed E-state index contributed by atoms with van der Waals surface area (Å²) in [4.78, 5) is 59.9. The summed E-state index contributed by atoms with van der Waals surface area (Å²) in [7, 11) is -2.17. The van der Waals surface area contributed by atoms with Crippen molar-refractivity contribution in [2.45, 2.75) is 68.3 Å². The van der Waals surface area contributed by atoms with Gasteiger partial charge in [-0.3, -0.25) is 29.4 Å². The molecule has 5 aliphatic rings. The molecule has 0 aromatic heterocycles. The second kappa shape index (κ2) is 13.0. The lowest BCUT2D eigenvalue weighted by atomic mass is 9.93. The molecule has 1 aromatic rings. The normalized spacial score (nSPS) is 30.7. The van der Waals surface area contributed by atoms with E-state index in [1.165, 1.54) is 30.0 Å². The van der Waals surface area contributed by atoms with Crippen LogP contribution in [0.15, 0.2) is 35.3 Å². The Bertz CT molecular complexity index is 1600. The number of hydrogen-bond donors (Lipinski definition) is 3. The zero-order valence-electron chi connectivity index (χ0n) is 25.5. The first-order valence-corrected chi connectivity index (χ1v) is 18.2. The van der Waals surface area contributed by atoms with Crippen molar-refractivity contribution in [2.24, 2.45) is 22.7 Å². The lowest BCUT2D eigenvalue weighted by molar-refractivity contribution is -0.140. The molecule has 5 atom stereocenters. The summed E-state index contributed by atoms with van der Waals surface area (Å²) in [5.41, 5.74) is -0.683. The number of rotatable bonds is 6. The number of nitrogens with one attached hydrogen (secondary N) is 3. The zero-order chi connectivity index (χ0) is 32.6. The monoisotopic (exact) mass is 675 g/mol. The molecule has 0 saturated heterocycles. The van der Waals surface area contributed by atoms with E-state index in [2.05, 4.69) is 20.3 Å². The molecule has 1 aromatic carbocycles. The molecule has 46 heavy (non-hydrogen) atoms. The number of fused-ring (bicyclic) bond motifs is 2. The first kappa shape index (κ1) is 32.5. The smallest absolute Gasteiger partial charge is 0.411 e. The topological polar surface area (TPSA) is 163 Å². The molecule has 6 rings (SSSR count). The fourth-order valence-corrected chi connectivity index (χ4v) is 8.73. The third-order valence-corrected chi connectivity index (χ3v) is 12.1. The maximum Gasteiger partial charge on any atom is 0.411 e. The minimum Gasteiger partial charge on any atom is -0.446 e. The van der Waals surface area contributed by atoms with Crippen molar-refractivity contribution in [3.63, 3.8) is 0 Å². The van der Waals surface area contributed by atoms with E-state index in [9.17, 15) is 32.0 Å². The lowest BCUT2D eigenvalue weighted by Gasteiger charge is -2.26. The van der Waals surface area contributed by atoms with Crippen LogP contribution in [0.5, 0.6) is 0 Å². The number of anilines is 1. The Balaban J connectivity index is 1.20. The summed E-state index contributed by atoms with van der Waals surface area (Å²) in [6, 6.07) is 3.95. The molecule has 3 fully saturated rings. The standard InChI is InChI=1S/C31H38FN5O7S2/c1-37-12-5-3-2-4-6-18-17-31(18,29(40)36-46(42,43)21-8-9-21)35-26(38)22-15-20(16-23(22)28(37)39)44-30(41)34-25-10-7-19(32)14-24(25)27-33-11-13-45-27/h4,6-7,10,14,18,20-23H,2-3,5,8-9,11-13,15-17H2,1H3,(H,34,41)(H,35,38)(H,36,40)/b6-4-/t18-,20-,22-,23-,31-/m1/s1. The van der Waals surface area contributed by atoms with Crippen LogP contribution in [-0.2, 0) is 29.1 Å². The maximum atomic E-state index is 14.0. The van der Waals surface area contributed by atoms with Gasteiger partial charge in [-0.2, -0.15) is 0 Å². The summed E-state index contributed by atoms with van der Waals surface area (Å²) in [6.07, 6.45) is 5.73. The molecule has 15 heteroatoms. The molecule has 3 N–H and O–H groups in total. The van der Waals surface area contributed by atoms with Crippen LogP contribution in [0.25, 0.3) is 0 Å². The van der Waals surface area contributed by atoms with Crippen LogP contribution in [-0.4, -0.2) is 85.0 Å². The van der Waals surface area contributed by atoms with Crippen molar-refractivity contribution in [3.8, 4) is 0 Å². The number of amides is 4. The molecule has 12 nitrogen and oxygen atoms in total. The van der Waals surface area contributed by atoms with Crippen molar-refractivity contribution >= 4 is 56.3 Å². The number of thioether (sulfide) groups is 1. The Morgan fingerprint density at radius 1 is 1.17 bits per heavy atom. The summed E-state index contributed by atoms with van der Waals surface area (Å²) in [6.45, 7) is 1.08. The summed E-state index contributed by atoms with van der Waals surface area (Å²) >= 11 is 1.46. The van der Waals surface area contributed by atoms with Gasteiger partial charge in [-0.25, -0.2) is 17.6 Å². The van der Waals surface area contributed by atoms with E-state index in [1.807, 2.05) is 12.2 Å². The van der Waals surface area contributed by atoms with Crippen LogP contribution in [0.1, 0.15) is 56.9 Å². The fourth-order valence-electron chi connectivity index (χ4n) is 6.48. The van der Waals surface area contributed by atoms with Gasteiger partial charge in [-0.05, 0) is 69.6 Å². The lowest BCUT2D eigenvalue weighted by Crippen LogP contribution is -2.54. The zero-order valence-corrected chi connectivity index (χ0v) is 27.1. The van der Waals surface area contributed by atoms with E-state index in [0.717, 1.165) is 18.6 Å². The van der Waals surface area contributed by atoms with Gasteiger partial charge in [0, 0.05) is 37.4 Å². The van der Waals surface area contributed by atoms with E-state index >= 15 is 0 Å². The molecule has 0 radical (unpaired) electrons. The van der Waals surface area contributed by atoms with Crippen LogP contribution in [0.2, 0.25) is 0 Å². The minimum atomic E-state index is -3.85. The van der Waals surface area contributed by atoms with Crippen LogP contribution in [0.3, 0.4) is 0 Å². The number of sulfonamides is 1. The average molecular weight is 676 g/mol. The molecule has 4 amide bonds. The van der Waals surface area contributed by atoms with Gasteiger partial charge in [-0.1, -0.05) is 12.2 Å². The van der Waals surface area contributed by atoms with Gasteiger partial charge >= 0.3 is 6.09 Å². The van der Waals surface area contributed by atoms with Gasteiger partial charge in [-0.15, -0.1) is 11.8 Å². The van der Waals surface area contributed by atoms with Crippen molar-refractivity contribution in [3.05, 3.63) is 41.7 Å². The fraction of sp³-hybridized carbons (Fsp3) is 0.581. The minimum absolute atomic E-state index is 0.0287.